The van der Waals surface area contributed by atoms with Crippen LogP contribution >= 0.6 is 11.6 Å². The average molecular weight is 214 g/mol. The summed E-state index contributed by atoms with van der Waals surface area (Å²) >= 11 is 5.66. The largest absolute Gasteiger partial charge is 0.449 e. The van der Waals surface area contributed by atoms with Gasteiger partial charge < -0.3 is 4.74 Å². The fourth-order valence-corrected chi connectivity index (χ4v) is 1.27. The van der Waals surface area contributed by atoms with E-state index in [1.165, 1.54) is 4.90 Å². The molecule has 0 aliphatic heterocycles. The fraction of sp³-hybridized carbons (Fsp3) is 0.300. The smallest absolute Gasteiger partial charge is 0.415 e. The fourth-order valence-electron chi connectivity index (χ4n) is 1.03. The quantitative estimate of drug-likeness (QED) is 0.571. The maximum absolute atomic E-state index is 11.4. The molecular formula is C10H12ClNO2. The summed E-state index contributed by atoms with van der Waals surface area (Å²) in [5, 5.41) is 0. The molecule has 14 heavy (non-hydrogen) atoms. The molecule has 1 amide bonds. The van der Waals surface area contributed by atoms with Gasteiger partial charge in [-0.25, -0.2) is 4.79 Å². The molecule has 1 aromatic rings. The van der Waals surface area contributed by atoms with Crippen LogP contribution in [0.4, 0.5) is 10.5 Å². The lowest BCUT2D eigenvalue weighted by molar-refractivity contribution is 0.161. The Labute approximate surface area is 88.2 Å². The van der Waals surface area contributed by atoms with Crippen LogP contribution < -0.4 is 4.90 Å². The van der Waals surface area contributed by atoms with Crippen LogP contribution in [0.1, 0.15) is 6.92 Å². The number of benzene rings is 1. The van der Waals surface area contributed by atoms with Crippen molar-refractivity contribution in [1.82, 2.24) is 0 Å². The number of halogens is 1. The van der Waals surface area contributed by atoms with E-state index in [4.69, 9.17) is 16.3 Å². The molecule has 0 aromatic heterocycles. The van der Waals surface area contributed by atoms with Gasteiger partial charge in [0.1, 0.15) is 6.00 Å². The lowest BCUT2D eigenvalue weighted by Gasteiger charge is -2.18. The molecule has 0 unspecified atom stereocenters. The number of anilines is 1. The van der Waals surface area contributed by atoms with Gasteiger partial charge in [0.2, 0.25) is 0 Å². The Hall–Kier alpha value is -1.22. The van der Waals surface area contributed by atoms with Gasteiger partial charge in [-0.15, -0.1) is 11.6 Å². The van der Waals surface area contributed by atoms with Crippen molar-refractivity contribution in [3.05, 3.63) is 30.3 Å². The first-order chi connectivity index (χ1) is 6.79. The standard InChI is InChI=1S/C10H12ClNO2/c1-2-14-10(13)12(8-11)9-6-4-3-5-7-9/h3-7H,2,8H2,1H3. The number of ether oxygens (including phenoxy) is 1. The number of nitrogens with zero attached hydrogens (tertiary/aromatic N) is 1. The van der Waals surface area contributed by atoms with Gasteiger partial charge in [-0.2, -0.15) is 0 Å². The van der Waals surface area contributed by atoms with Crippen molar-refractivity contribution in [3.63, 3.8) is 0 Å². The maximum Gasteiger partial charge on any atom is 0.415 e. The molecule has 1 aromatic carbocycles. The van der Waals surface area contributed by atoms with E-state index in [1.54, 1.807) is 19.1 Å². The van der Waals surface area contributed by atoms with Crippen LogP contribution in [0.5, 0.6) is 0 Å². The van der Waals surface area contributed by atoms with E-state index in [-0.39, 0.29) is 6.00 Å². The molecule has 0 heterocycles. The van der Waals surface area contributed by atoms with Gasteiger partial charge in [0, 0.05) is 5.69 Å². The lowest BCUT2D eigenvalue weighted by Crippen LogP contribution is -2.30. The highest BCUT2D eigenvalue weighted by Crippen LogP contribution is 2.14. The molecular weight excluding hydrogens is 202 g/mol. The van der Waals surface area contributed by atoms with E-state index >= 15 is 0 Å². The Kier molecular flexibility index (Phi) is 4.26. The normalized spacial score (nSPS) is 9.57. The lowest BCUT2D eigenvalue weighted by atomic mass is 10.3. The molecule has 76 valence electrons. The Morgan fingerprint density at radius 2 is 2.07 bits per heavy atom. The molecule has 1 rings (SSSR count). The zero-order valence-electron chi connectivity index (χ0n) is 7.94. The minimum absolute atomic E-state index is 0.0862. The van der Waals surface area contributed by atoms with Crippen LogP contribution in [0.3, 0.4) is 0 Å². The first-order valence-corrected chi connectivity index (χ1v) is 4.88. The summed E-state index contributed by atoms with van der Waals surface area (Å²) < 4.78 is 4.85. The number of rotatable bonds is 3. The van der Waals surface area contributed by atoms with Crippen molar-refractivity contribution in [2.45, 2.75) is 6.92 Å². The molecule has 0 aliphatic rings. The van der Waals surface area contributed by atoms with Crippen molar-refractivity contribution < 1.29 is 9.53 Å². The molecule has 0 fully saturated rings. The number of carbonyl (C=O) groups excluding carboxylic acids is 1. The van der Waals surface area contributed by atoms with Crippen molar-refractivity contribution in [2.24, 2.45) is 0 Å². The molecule has 0 aliphatic carbocycles. The molecule has 0 spiro atoms. The van der Waals surface area contributed by atoms with Crippen LogP contribution in [0.15, 0.2) is 30.3 Å². The highest BCUT2D eigenvalue weighted by molar-refractivity contribution is 6.21. The molecule has 0 bridgehead atoms. The molecule has 0 atom stereocenters. The first-order valence-electron chi connectivity index (χ1n) is 4.35. The van der Waals surface area contributed by atoms with E-state index in [2.05, 4.69) is 0 Å². The number of hydrogen-bond donors (Lipinski definition) is 0. The molecule has 4 heteroatoms. The molecule has 0 N–H and O–H groups in total. The van der Waals surface area contributed by atoms with Crippen LogP contribution in [-0.4, -0.2) is 18.7 Å². The number of amides is 1. The second-order valence-corrected chi connectivity index (χ2v) is 2.82. The summed E-state index contributed by atoms with van der Waals surface area (Å²) in [5.74, 6) is 0. The van der Waals surface area contributed by atoms with Gasteiger partial charge in [0.05, 0.1) is 6.61 Å². The SMILES string of the molecule is CCOC(=O)N(CCl)c1ccccc1. The monoisotopic (exact) mass is 213 g/mol. The maximum atomic E-state index is 11.4. The highest BCUT2D eigenvalue weighted by Gasteiger charge is 2.14. The van der Waals surface area contributed by atoms with Gasteiger partial charge in [-0.1, -0.05) is 18.2 Å². The Bertz CT molecular complexity index is 289. The first kappa shape index (κ1) is 10.9. The minimum atomic E-state index is -0.422. The topological polar surface area (TPSA) is 29.5 Å². The second-order valence-electron chi connectivity index (χ2n) is 2.58. The van der Waals surface area contributed by atoms with E-state index in [9.17, 15) is 4.79 Å². The van der Waals surface area contributed by atoms with Gasteiger partial charge in [0.25, 0.3) is 0 Å². The van der Waals surface area contributed by atoms with E-state index in [1.807, 2.05) is 18.2 Å². The number of alkyl halides is 1. The Balaban J connectivity index is 2.77. The molecule has 0 radical (unpaired) electrons. The highest BCUT2D eigenvalue weighted by atomic mass is 35.5. The van der Waals surface area contributed by atoms with Crippen LogP contribution in [0, 0.1) is 0 Å². The molecule has 0 saturated carbocycles. The summed E-state index contributed by atoms with van der Waals surface area (Å²) in [4.78, 5) is 12.8. The summed E-state index contributed by atoms with van der Waals surface area (Å²) in [5.41, 5.74) is 0.737. The molecule has 3 nitrogen and oxygen atoms in total. The summed E-state index contributed by atoms with van der Waals surface area (Å²) in [6.45, 7) is 2.11. The van der Waals surface area contributed by atoms with Gasteiger partial charge in [0.15, 0.2) is 0 Å². The number of hydrogen-bond acceptors (Lipinski definition) is 2. The zero-order chi connectivity index (χ0) is 10.4. The van der Waals surface area contributed by atoms with Crippen molar-refractivity contribution in [3.8, 4) is 0 Å². The van der Waals surface area contributed by atoms with Crippen molar-refractivity contribution in [1.29, 1.82) is 0 Å². The van der Waals surface area contributed by atoms with E-state index < -0.39 is 6.09 Å². The van der Waals surface area contributed by atoms with E-state index in [0.717, 1.165) is 5.69 Å². The minimum Gasteiger partial charge on any atom is -0.449 e. The van der Waals surface area contributed by atoms with Crippen LogP contribution in [-0.2, 0) is 4.74 Å². The Morgan fingerprint density at radius 1 is 1.43 bits per heavy atom. The third kappa shape index (κ3) is 2.64. The van der Waals surface area contributed by atoms with Gasteiger partial charge in [-0.05, 0) is 19.1 Å². The van der Waals surface area contributed by atoms with Crippen LogP contribution in [0.25, 0.3) is 0 Å². The van der Waals surface area contributed by atoms with Crippen molar-refractivity contribution >= 4 is 23.4 Å². The third-order valence-electron chi connectivity index (χ3n) is 1.68. The average Bonchev–Trinajstić information content (AvgIpc) is 2.21. The predicted octanol–water partition coefficient (Wildman–Crippen LogP) is 2.85. The van der Waals surface area contributed by atoms with Gasteiger partial charge >= 0.3 is 6.09 Å². The second kappa shape index (κ2) is 5.50. The Morgan fingerprint density at radius 3 is 2.57 bits per heavy atom. The number of carbonyl (C=O) groups is 1. The zero-order valence-corrected chi connectivity index (χ0v) is 8.70. The third-order valence-corrected chi connectivity index (χ3v) is 1.91. The van der Waals surface area contributed by atoms with Gasteiger partial charge in [-0.3, -0.25) is 4.90 Å². The molecule has 0 saturated heterocycles. The summed E-state index contributed by atoms with van der Waals surface area (Å²) in [6, 6.07) is 9.25. The van der Waals surface area contributed by atoms with E-state index in [0.29, 0.717) is 6.61 Å². The van der Waals surface area contributed by atoms with Crippen molar-refractivity contribution in [2.75, 3.05) is 17.5 Å². The van der Waals surface area contributed by atoms with Crippen LogP contribution in [0.2, 0.25) is 0 Å². The number of para-hydroxylation sites is 1. The summed E-state index contributed by atoms with van der Waals surface area (Å²) in [7, 11) is 0. The predicted molar refractivity (Wildman–Crippen MR) is 56.7 cm³/mol. The summed E-state index contributed by atoms with van der Waals surface area (Å²) in [6.07, 6.45) is -0.422.